The van der Waals surface area contributed by atoms with Gasteiger partial charge in [0, 0.05) is 22.8 Å². The number of aromatic nitrogens is 2. The fourth-order valence-electron chi connectivity index (χ4n) is 2.98. The molecule has 4 nitrogen and oxygen atoms in total. The molecule has 0 saturated heterocycles. The predicted molar refractivity (Wildman–Crippen MR) is 101 cm³/mol. The number of hydrogen-bond donors (Lipinski definition) is 1. The van der Waals surface area contributed by atoms with Crippen LogP contribution in [0.15, 0.2) is 65.3 Å². The lowest BCUT2D eigenvalue weighted by Gasteiger charge is -2.12. The summed E-state index contributed by atoms with van der Waals surface area (Å²) in [6.07, 6.45) is 0.0548. The molecule has 1 unspecified atom stereocenters. The van der Waals surface area contributed by atoms with Gasteiger partial charge in [-0.3, -0.25) is 4.98 Å². The molecule has 4 aromatic rings. The average Bonchev–Trinajstić information content (AvgIpc) is 3.12. The largest absolute Gasteiger partial charge is 0.382 e. The Kier molecular flexibility index (Phi) is 5.08. The molecule has 4 rings (SSSR count). The van der Waals surface area contributed by atoms with Crippen molar-refractivity contribution in [1.82, 2.24) is 10.1 Å². The molecule has 0 aliphatic carbocycles. The molecule has 0 aliphatic rings. The van der Waals surface area contributed by atoms with Crippen molar-refractivity contribution >= 4 is 11.6 Å². The average molecular weight is 417 g/mol. The zero-order valence-corrected chi connectivity index (χ0v) is 15.4. The van der Waals surface area contributed by atoms with Gasteiger partial charge in [0.05, 0.1) is 16.8 Å². The Balaban J connectivity index is 1.96. The summed E-state index contributed by atoms with van der Waals surface area (Å²) in [6.45, 7) is 0. The van der Waals surface area contributed by atoms with Crippen LogP contribution in [0.1, 0.15) is 17.4 Å². The third-order valence-electron chi connectivity index (χ3n) is 4.33. The van der Waals surface area contributed by atoms with Crippen LogP contribution < -0.4 is 0 Å². The van der Waals surface area contributed by atoms with Crippen molar-refractivity contribution in [3.05, 3.63) is 94.5 Å². The highest BCUT2D eigenvalue weighted by atomic mass is 35.5. The molecule has 2 aromatic carbocycles. The lowest BCUT2D eigenvalue weighted by Crippen LogP contribution is -2.05. The third-order valence-corrected chi connectivity index (χ3v) is 4.57. The number of pyridine rings is 1. The van der Waals surface area contributed by atoms with Gasteiger partial charge in [-0.05, 0) is 42.5 Å². The number of aliphatic hydroxyl groups excluding tert-OH is 1. The smallest absolute Gasteiger partial charge is 0.176 e. The number of nitrogens with zero attached hydrogens (tertiary/aromatic N) is 2. The molecule has 8 heteroatoms. The predicted octanol–water partition coefficient (Wildman–Crippen LogP) is 5.56. The summed E-state index contributed by atoms with van der Waals surface area (Å²) in [5, 5.41) is 15.0. The molecule has 0 aliphatic heterocycles. The maximum Gasteiger partial charge on any atom is 0.176 e. The van der Waals surface area contributed by atoms with Gasteiger partial charge in [0.15, 0.2) is 5.76 Å². The van der Waals surface area contributed by atoms with Crippen molar-refractivity contribution in [2.24, 2.45) is 0 Å². The molecule has 2 heterocycles. The molecule has 0 bridgehead atoms. The number of benzene rings is 2. The molecule has 0 fully saturated rings. The maximum absolute atomic E-state index is 14.5. The SMILES string of the molecule is OC(c1ccccn1)c1c(-c2ccc(Cl)cc2F)noc1-c1ccc(F)cc1F. The van der Waals surface area contributed by atoms with E-state index in [4.69, 9.17) is 16.1 Å². The lowest BCUT2D eigenvalue weighted by atomic mass is 9.96. The highest BCUT2D eigenvalue weighted by Gasteiger charge is 2.29. The minimum atomic E-state index is -1.41. The Bertz CT molecular complexity index is 1110. The molecular formula is C21H12ClF3N2O2. The summed E-state index contributed by atoms with van der Waals surface area (Å²) < 4.78 is 47.6. The summed E-state index contributed by atoms with van der Waals surface area (Å²) in [5.41, 5.74) is 0.0305. The normalized spacial score (nSPS) is 12.2. The minimum absolute atomic E-state index is 0.00287. The molecule has 29 heavy (non-hydrogen) atoms. The Morgan fingerprint density at radius 3 is 2.38 bits per heavy atom. The first kappa shape index (κ1) is 19.2. The standard InChI is InChI=1S/C21H12ClF3N2O2/c22-11-4-6-13(15(24)9-11)19-18(20(28)17-3-1-2-8-26-17)21(29-27-19)14-7-5-12(23)10-16(14)25/h1-10,20,28H. The molecule has 0 spiro atoms. The van der Waals surface area contributed by atoms with Crippen molar-refractivity contribution in [2.75, 3.05) is 0 Å². The van der Waals surface area contributed by atoms with Crippen molar-refractivity contribution < 1.29 is 22.8 Å². The van der Waals surface area contributed by atoms with Gasteiger partial charge in [0.1, 0.15) is 29.2 Å². The summed E-state index contributed by atoms with van der Waals surface area (Å²) in [6, 6.07) is 11.6. The van der Waals surface area contributed by atoms with Gasteiger partial charge in [0.2, 0.25) is 0 Å². The molecule has 1 atom stereocenters. The zero-order valence-electron chi connectivity index (χ0n) is 14.6. The summed E-state index contributed by atoms with van der Waals surface area (Å²) in [5.74, 6) is -2.56. The van der Waals surface area contributed by atoms with E-state index in [2.05, 4.69) is 10.1 Å². The molecule has 0 saturated carbocycles. The van der Waals surface area contributed by atoms with Gasteiger partial charge >= 0.3 is 0 Å². The number of halogens is 4. The second kappa shape index (κ2) is 7.69. The molecule has 0 radical (unpaired) electrons. The first-order valence-corrected chi connectivity index (χ1v) is 8.83. The van der Waals surface area contributed by atoms with Crippen LogP contribution in [0.25, 0.3) is 22.6 Å². The maximum atomic E-state index is 14.5. The summed E-state index contributed by atoms with van der Waals surface area (Å²) in [4.78, 5) is 4.09. The summed E-state index contributed by atoms with van der Waals surface area (Å²) in [7, 11) is 0. The van der Waals surface area contributed by atoms with E-state index in [0.29, 0.717) is 6.07 Å². The van der Waals surface area contributed by atoms with Crippen LogP contribution in [-0.4, -0.2) is 15.2 Å². The Morgan fingerprint density at radius 2 is 1.69 bits per heavy atom. The van der Waals surface area contributed by atoms with Crippen LogP contribution in [0.2, 0.25) is 5.02 Å². The first-order valence-electron chi connectivity index (χ1n) is 8.45. The first-order chi connectivity index (χ1) is 14.0. The van der Waals surface area contributed by atoms with E-state index in [-0.39, 0.29) is 38.9 Å². The Hall–Kier alpha value is -3.16. The third kappa shape index (κ3) is 3.62. The van der Waals surface area contributed by atoms with Crippen LogP contribution in [0.5, 0.6) is 0 Å². The topological polar surface area (TPSA) is 59.2 Å². The van der Waals surface area contributed by atoms with Crippen LogP contribution in [-0.2, 0) is 0 Å². The number of hydrogen-bond acceptors (Lipinski definition) is 4. The quantitative estimate of drug-likeness (QED) is 0.473. The van der Waals surface area contributed by atoms with E-state index >= 15 is 0 Å². The van der Waals surface area contributed by atoms with Crippen LogP contribution in [0.4, 0.5) is 13.2 Å². The van der Waals surface area contributed by atoms with Gasteiger partial charge in [0.25, 0.3) is 0 Å². The van der Waals surface area contributed by atoms with E-state index < -0.39 is 23.6 Å². The molecule has 146 valence electrons. The van der Waals surface area contributed by atoms with Gasteiger partial charge in [-0.1, -0.05) is 22.8 Å². The van der Waals surface area contributed by atoms with Crippen LogP contribution in [0.3, 0.4) is 0 Å². The van der Waals surface area contributed by atoms with Crippen LogP contribution >= 0.6 is 11.6 Å². The van der Waals surface area contributed by atoms with Crippen molar-refractivity contribution in [3.63, 3.8) is 0 Å². The molecule has 0 amide bonds. The molecule has 2 aromatic heterocycles. The Morgan fingerprint density at radius 1 is 0.931 bits per heavy atom. The lowest BCUT2D eigenvalue weighted by molar-refractivity contribution is 0.215. The second-order valence-corrected chi connectivity index (χ2v) is 6.62. The molecule has 1 N–H and O–H groups in total. The van der Waals surface area contributed by atoms with Crippen molar-refractivity contribution in [3.8, 4) is 22.6 Å². The highest BCUT2D eigenvalue weighted by Crippen LogP contribution is 2.40. The van der Waals surface area contributed by atoms with Crippen LogP contribution in [0, 0.1) is 17.5 Å². The monoisotopic (exact) mass is 416 g/mol. The van der Waals surface area contributed by atoms with E-state index in [1.165, 1.54) is 18.3 Å². The molecular weight excluding hydrogens is 405 g/mol. The van der Waals surface area contributed by atoms with Gasteiger partial charge < -0.3 is 9.63 Å². The van der Waals surface area contributed by atoms with Crippen molar-refractivity contribution in [2.45, 2.75) is 6.10 Å². The van der Waals surface area contributed by atoms with E-state index in [1.807, 2.05) is 0 Å². The van der Waals surface area contributed by atoms with E-state index in [9.17, 15) is 18.3 Å². The summed E-state index contributed by atoms with van der Waals surface area (Å²) >= 11 is 5.81. The Labute approximate surface area is 168 Å². The fourth-order valence-corrected chi connectivity index (χ4v) is 3.14. The van der Waals surface area contributed by atoms with E-state index in [1.54, 1.807) is 18.2 Å². The van der Waals surface area contributed by atoms with Crippen molar-refractivity contribution in [1.29, 1.82) is 0 Å². The van der Waals surface area contributed by atoms with Gasteiger partial charge in [-0.25, -0.2) is 13.2 Å². The fraction of sp³-hybridized carbons (Fsp3) is 0.0476. The van der Waals surface area contributed by atoms with Gasteiger partial charge in [-0.2, -0.15) is 0 Å². The minimum Gasteiger partial charge on any atom is -0.382 e. The second-order valence-electron chi connectivity index (χ2n) is 6.18. The number of rotatable bonds is 4. The highest BCUT2D eigenvalue weighted by molar-refractivity contribution is 6.30. The number of aliphatic hydroxyl groups is 1. The zero-order chi connectivity index (χ0) is 20.5. The van der Waals surface area contributed by atoms with E-state index in [0.717, 1.165) is 18.2 Å². The van der Waals surface area contributed by atoms with Gasteiger partial charge in [-0.15, -0.1) is 0 Å².